The molecule has 0 saturated carbocycles. The van der Waals surface area contributed by atoms with E-state index in [9.17, 15) is 10.5 Å². The Bertz CT molecular complexity index is 4040. The summed E-state index contributed by atoms with van der Waals surface area (Å²) >= 11 is 0. The van der Waals surface area contributed by atoms with E-state index in [4.69, 9.17) is 0 Å². The van der Waals surface area contributed by atoms with Gasteiger partial charge in [0.1, 0.15) is 0 Å². The minimum atomic E-state index is -0.584. The van der Waals surface area contributed by atoms with Crippen LogP contribution in [0.1, 0.15) is 71.2 Å². The van der Waals surface area contributed by atoms with Crippen molar-refractivity contribution in [3.8, 4) is 34.4 Å². The van der Waals surface area contributed by atoms with Crippen molar-refractivity contribution in [2.45, 2.75) is 37.5 Å². The summed E-state index contributed by atoms with van der Waals surface area (Å²) in [4.78, 5) is 4.97. The second kappa shape index (κ2) is 15.6. The van der Waals surface area contributed by atoms with Crippen LogP contribution in [0.2, 0.25) is 0 Å². The molecule has 0 unspecified atom stereocenters. The minimum absolute atomic E-state index is 0.433. The van der Waals surface area contributed by atoms with Crippen LogP contribution in [0.25, 0.3) is 49.4 Å². The summed E-state index contributed by atoms with van der Waals surface area (Å²) in [5.74, 6) is 0. The lowest BCUT2D eigenvalue weighted by Crippen LogP contribution is -2.27. The first kappa shape index (κ1) is 41.7. The average Bonchev–Trinajstić information content (AvgIpc) is 3.99. The number of benzene rings is 10. The summed E-state index contributed by atoms with van der Waals surface area (Å²) < 4.78 is 0. The van der Waals surface area contributed by atoms with Crippen molar-refractivity contribution in [2.24, 2.45) is 0 Å². The zero-order valence-electron chi connectivity index (χ0n) is 40.0. The molecule has 10 aromatic carbocycles. The van der Waals surface area contributed by atoms with E-state index in [1.165, 1.54) is 88.9 Å². The second-order valence-electron chi connectivity index (χ2n) is 20.1. The van der Waals surface area contributed by atoms with Crippen molar-refractivity contribution in [1.29, 1.82) is 10.5 Å². The molecule has 0 radical (unpaired) electrons. The quantitative estimate of drug-likeness (QED) is 0.167. The van der Waals surface area contributed by atoms with Gasteiger partial charge in [0, 0.05) is 44.4 Å². The molecule has 10 aromatic rings. The highest BCUT2D eigenvalue weighted by Crippen LogP contribution is 2.68. The van der Waals surface area contributed by atoms with Gasteiger partial charge in [-0.1, -0.05) is 166 Å². The predicted molar refractivity (Wildman–Crippen MR) is 294 cm³/mol. The molecule has 14 rings (SSSR count). The largest absolute Gasteiger partial charge is 0.314 e. The Morgan fingerprint density at radius 2 is 0.903 bits per heavy atom. The number of nitrogens with zero attached hydrogens (tertiary/aromatic N) is 4. The van der Waals surface area contributed by atoms with Crippen LogP contribution in [-0.2, 0) is 10.8 Å². The number of anilines is 5. The highest BCUT2D eigenvalue weighted by molar-refractivity contribution is 6.10. The van der Waals surface area contributed by atoms with Gasteiger partial charge in [-0.05, 0) is 146 Å². The molecule has 0 saturated heterocycles. The molecule has 0 amide bonds. The van der Waals surface area contributed by atoms with E-state index in [0.717, 1.165) is 46.4 Å². The summed E-state index contributed by atoms with van der Waals surface area (Å²) in [6.45, 7) is 4.87. The van der Waals surface area contributed by atoms with Crippen LogP contribution >= 0.6 is 0 Å². The van der Waals surface area contributed by atoms with Gasteiger partial charge in [-0.15, -0.1) is 0 Å². The van der Waals surface area contributed by atoms with Gasteiger partial charge in [0.15, 0.2) is 0 Å². The SMILES string of the molecule is CC1(C)C2=C(CCC(N(c3ccc(C#N)cc3)c3cccc4ccccc34)=C2)c2c1cc1c(c2N(c2ccc(C#N)cc2)c2cccc3ccccc23)-c2ccccc2C12c1ccccc1-c1ccccc12. The van der Waals surface area contributed by atoms with Gasteiger partial charge < -0.3 is 9.80 Å². The van der Waals surface area contributed by atoms with Gasteiger partial charge in [0.25, 0.3) is 0 Å². The van der Waals surface area contributed by atoms with Gasteiger partial charge in [0.05, 0.1) is 45.7 Å². The third-order valence-corrected chi connectivity index (χ3v) is 16.2. The molecule has 4 aliphatic rings. The summed E-state index contributed by atoms with van der Waals surface area (Å²) in [7, 11) is 0. The molecule has 0 aromatic heterocycles. The second-order valence-corrected chi connectivity index (χ2v) is 20.1. The van der Waals surface area contributed by atoms with E-state index >= 15 is 0 Å². The maximum absolute atomic E-state index is 10.2. The minimum Gasteiger partial charge on any atom is -0.314 e. The Morgan fingerprint density at radius 1 is 0.431 bits per heavy atom. The van der Waals surface area contributed by atoms with Crippen molar-refractivity contribution in [2.75, 3.05) is 9.80 Å². The van der Waals surface area contributed by atoms with Crippen LogP contribution in [0.4, 0.5) is 28.4 Å². The van der Waals surface area contributed by atoms with Crippen molar-refractivity contribution in [3.63, 3.8) is 0 Å². The average molecular weight is 919 g/mol. The number of fused-ring (bicyclic) bond motifs is 14. The van der Waals surface area contributed by atoms with Crippen molar-refractivity contribution >= 4 is 55.6 Å². The molecule has 0 fully saturated rings. The van der Waals surface area contributed by atoms with Crippen LogP contribution in [0.5, 0.6) is 0 Å². The highest BCUT2D eigenvalue weighted by Gasteiger charge is 2.55. The fraction of sp³-hybridized carbons (Fsp3) is 0.0882. The third kappa shape index (κ3) is 5.73. The first-order chi connectivity index (χ1) is 35.4. The van der Waals surface area contributed by atoms with Crippen molar-refractivity contribution in [1.82, 2.24) is 0 Å². The molecule has 0 aliphatic heterocycles. The molecule has 4 heteroatoms. The molecule has 0 atom stereocenters. The first-order valence-electron chi connectivity index (χ1n) is 24.9. The van der Waals surface area contributed by atoms with Gasteiger partial charge in [-0.2, -0.15) is 10.5 Å². The Labute approximate surface area is 419 Å². The van der Waals surface area contributed by atoms with Gasteiger partial charge in [0.2, 0.25) is 0 Å². The van der Waals surface area contributed by atoms with Crippen molar-refractivity contribution in [3.05, 3.63) is 274 Å². The molecular weight excluding hydrogens is 873 g/mol. The topological polar surface area (TPSA) is 54.1 Å². The van der Waals surface area contributed by atoms with Crippen LogP contribution in [0.3, 0.4) is 0 Å². The lowest BCUT2D eigenvalue weighted by atomic mass is 9.69. The number of hydrogen-bond donors (Lipinski definition) is 0. The van der Waals surface area contributed by atoms with E-state index in [1.807, 2.05) is 24.3 Å². The molecule has 0 bridgehead atoms. The summed E-state index contributed by atoms with van der Waals surface area (Å²) in [5, 5.41) is 24.7. The highest BCUT2D eigenvalue weighted by atomic mass is 15.2. The van der Waals surface area contributed by atoms with Gasteiger partial charge in [-0.3, -0.25) is 0 Å². The molecular formula is C68H46N4. The summed E-state index contributed by atoms with van der Waals surface area (Å²) in [6.07, 6.45) is 4.11. The van der Waals surface area contributed by atoms with Gasteiger partial charge in [-0.25, -0.2) is 0 Å². The standard InChI is InChI=1S/C68H46N4/c1-67(2)59-39-49(71(47-33-29-43(41-69)30-34-47)62-27-13-17-45-15-3-5-19-50(45)62)37-38-55(59)64-60(67)40-61-65(54-23-9-12-26-58(54)68(61)56-24-10-7-21-52(56)53-22-8-11-25-57(53)68)66(64)72(48-35-31-44(42-70)32-36-48)63-28-14-18-46-16-4-6-20-51(46)63/h3-36,39-40H,37-38H2,1-2H3. The van der Waals surface area contributed by atoms with E-state index in [2.05, 4.69) is 230 Å². The Kier molecular flexibility index (Phi) is 9.07. The smallest absolute Gasteiger partial charge is 0.0991 e. The summed E-state index contributed by atoms with van der Waals surface area (Å²) in [5.41, 5.74) is 22.3. The van der Waals surface area contributed by atoms with E-state index in [0.29, 0.717) is 11.1 Å². The zero-order valence-corrected chi connectivity index (χ0v) is 40.0. The summed E-state index contributed by atoms with van der Waals surface area (Å²) in [6, 6.07) is 81.5. The van der Waals surface area contributed by atoms with E-state index in [1.54, 1.807) is 0 Å². The maximum atomic E-state index is 10.2. The van der Waals surface area contributed by atoms with Crippen LogP contribution < -0.4 is 9.80 Å². The lowest BCUT2D eigenvalue weighted by molar-refractivity contribution is 0.645. The first-order valence-corrected chi connectivity index (χ1v) is 24.9. The Morgan fingerprint density at radius 3 is 1.47 bits per heavy atom. The molecule has 0 heterocycles. The number of allylic oxidation sites excluding steroid dienone is 4. The molecule has 1 spiro atoms. The lowest BCUT2D eigenvalue weighted by Gasteiger charge is -2.35. The molecule has 4 aliphatic carbocycles. The molecule has 338 valence electrons. The number of nitriles is 2. The predicted octanol–water partition coefficient (Wildman–Crippen LogP) is 17.1. The van der Waals surface area contributed by atoms with Crippen LogP contribution in [0.15, 0.2) is 230 Å². The maximum Gasteiger partial charge on any atom is 0.0991 e. The third-order valence-electron chi connectivity index (χ3n) is 16.2. The zero-order chi connectivity index (χ0) is 48.3. The normalized spacial score (nSPS) is 14.9. The van der Waals surface area contributed by atoms with E-state index < -0.39 is 10.8 Å². The fourth-order valence-corrected chi connectivity index (χ4v) is 13.1. The Hall–Kier alpha value is -9.22. The number of rotatable bonds is 6. The van der Waals surface area contributed by atoms with E-state index in [-0.39, 0.29) is 0 Å². The fourth-order valence-electron chi connectivity index (χ4n) is 13.1. The molecule has 0 N–H and O–H groups in total. The van der Waals surface area contributed by atoms with Gasteiger partial charge >= 0.3 is 0 Å². The van der Waals surface area contributed by atoms with Crippen molar-refractivity contribution < 1.29 is 0 Å². The monoisotopic (exact) mass is 918 g/mol. The Balaban J connectivity index is 1.11. The number of hydrogen-bond acceptors (Lipinski definition) is 4. The van der Waals surface area contributed by atoms with Crippen LogP contribution in [-0.4, -0.2) is 0 Å². The molecule has 72 heavy (non-hydrogen) atoms. The van der Waals surface area contributed by atoms with Crippen LogP contribution in [0, 0.1) is 22.7 Å². The molecule has 4 nitrogen and oxygen atoms in total.